The van der Waals surface area contributed by atoms with E-state index in [1.807, 2.05) is 0 Å². The number of hydrogen-bond acceptors (Lipinski definition) is 4. The third-order valence-corrected chi connectivity index (χ3v) is 6.53. The summed E-state index contributed by atoms with van der Waals surface area (Å²) in [5.74, 6) is -0.410. The molecule has 28 heavy (non-hydrogen) atoms. The van der Waals surface area contributed by atoms with Crippen molar-refractivity contribution in [2.75, 3.05) is 18.4 Å². The Hall–Kier alpha value is -2.48. The normalized spacial score (nSPS) is 15.0. The third-order valence-electron chi connectivity index (χ3n) is 4.41. The number of nitrogens with zero attached hydrogens (tertiary/aromatic N) is 1. The molecule has 1 saturated heterocycles. The van der Waals surface area contributed by atoms with Gasteiger partial charge in [-0.3, -0.25) is 9.59 Å². The van der Waals surface area contributed by atoms with Crippen molar-refractivity contribution in [1.29, 1.82) is 0 Å². The molecular formula is C20H19ClN2O4S. The van der Waals surface area contributed by atoms with Crippen molar-refractivity contribution in [1.82, 2.24) is 4.31 Å². The van der Waals surface area contributed by atoms with E-state index in [0.717, 1.165) is 12.8 Å². The number of halogens is 1. The first-order valence-electron chi connectivity index (χ1n) is 8.76. The minimum atomic E-state index is -3.48. The lowest BCUT2D eigenvalue weighted by Gasteiger charge is -2.15. The average molecular weight is 419 g/mol. The molecule has 3 rings (SSSR count). The monoisotopic (exact) mass is 418 g/mol. The van der Waals surface area contributed by atoms with Crippen LogP contribution < -0.4 is 5.32 Å². The Morgan fingerprint density at radius 2 is 1.64 bits per heavy atom. The van der Waals surface area contributed by atoms with Gasteiger partial charge in [-0.1, -0.05) is 18.2 Å². The molecule has 0 aliphatic carbocycles. The Balaban J connectivity index is 1.67. The molecule has 1 aliphatic rings. The summed E-state index contributed by atoms with van der Waals surface area (Å²) in [6, 6.07) is 12.7. The molecule has 0 aromatic heterocycles. The van der Waals surface area contributed by atoms with E-state index in [4.69, 9.17) is 11.6 Å². The number of sulfonamides is 1. The topological polar surface area (TPSA) is 83.5 Å². The molecule has 0 atom stereocenters. The van der Waals surface area contributed by atoms with Crippen LogP contribution in [0.25, 0.3) is 6.08 Å². The summed E-state index contributed by atoms with van der Waals surface area (Å²) in [6.45, 7) is 1.08. The summed E-state index contributed by atoms with van der Waals surface area (Å²) in [7, 11) is -3.48. The van der Waals surface area contributed by atoms with E-state index in [9.17, 15) is 18.0 Å². The van der Waals surface area contributed by atoms with Crippen molar-refractivity contribution in [3.05, 3.63) is 65.7 Å². The van der Waals surface area contributed by atoms with Crippen molar-refractivity contribution >= 4 is 44.5 Å². The van der Waals surface area contributed by atoms with Crippen LogP contribution in [0.2, 0.25) is 0 Å². The number of rotatable bonds is 6. The maximum Gasteiger partial charge on any atom is 0.252 e. The highest BCUT2D eigenvalue weighted by Gasteiger charge is 2.26. The van der Waals surface area contributed by atoms with E-state index in [-0.39, 0.29) is 4.90 Å². The minimum Gasteiger partial charge on any atom is -0.323 e. The summed E-state index contributed by atoms with van der Waals surface area (Å²) in [4.78, 5) is 23.7. The van der Waals surface area contributed by atoms with Crippen LogP contribution in [0.5, 0.6) is 0 Å². The van der Waals surface area contributed by atoms with Gasteiger partial charge < -0.3 is 5.32 Å². The molecule has 1 N–H and O–H groups in total. The van der Waals surface area contributed by atoms with Gasteiger partial charge in [0.2, 0.25) is 15.9 Å². The van der Waals surface area contributed by atoms with Crippen molar-refractivity contribution in [3.8, 4) is 0 Å². The average Bonchev–Trinajstić information content (AvgIpc) is 3.23. The maximum atomic E-state index is 12.5. The lowest BCUT2D eigenvalue weighted by Crippen LogP contribution is -2.27. The maximum absolute atomic E-state index is 12.5. The van der Waals surface area contributed by atoms with Crippen LogP contribution in [0, 0.1) is 0 Å². The van der Waals surface area contributed by atoms with E-state index < -0.39 is 21.2 Å². The Bertz CT molecular complexity index is 1010. The van der Waals surface area contributed by atoms with Crippen LogP contribution in [0.3, 0.4) is 0 Å². The van der Waals surface area contributed by atoms with E-state index in [2.05, 4.69) is 5.32 Å². The summed E-state index contributed by atoms with van der Waals surface area (Å²) < 4.78 is 26.5. The van der Waals surface area contributed by atoms with Gasteiger partial charge in [0.25, 0.3) is 5.24 Å². The van der Waals surface area contributed by atoms with E-state index >= 15 is 0 Å². The molecule has 1 fully saturated rings. The van der Waals surface area contributed by atoms with Gasteiger partial charge in [0.15, 0.2) is 0 Å². The predicted octanol–water partition coefficient (Wildman–Crippen LogP) is 3.50. The van der Waals surface area contributed by atoms with Crippen molar-refractivity contribution in [2.45, 2.75) is 17.7 Å². The lowest BCUT2D eigenvalue weighted by molar-refractivity contribution is -0.111. The first-order valence-corrected chi connectivity index (χ1v) is 10.6. The molecule has 0 radical (unpaired) electrons. The smallest absolute Gasteiger partial charge is 0.252 e. The van der Waals surface area contributed by atoms with Crippen LogP contribution >= 0.6 is 11.6 Å². The lowest BCUT2D eigenvalue weighted by atomic mass is 10.1. The fourth-order valence-corrected chi connectivity index (χ4v) is 4.65. The number of amides is 1. The highest BCUT2D eigenvalue weighted by atomic mass is 35.5. The van der Waals surface area contributed by atoms with E-state index in [1.165, 1.54) is 28.6 Å². The van der Waals surface area contributed by atoms with Gasteiger partial charge >= 0.3 is 0 Å². The van der Waals surface area contributed by atoms with Crippen molar-refractivity contribution in [2.24, 2.45) is 0 Å². The van der Waals surface area contributed by atoms with Crippen molar-refractivity contribution in [3.63, 3.8) is 0 Å². The van der Waals surface area contributed by atoms with Gasteiger partial charge in [-0.25, -0.2) is 8.42 Å². The molecule has 0 spiro atoms. The number of carbonyl (C=O) groups is 2. The summed E-state index contributed by atoms with van der Waals surface area (Å²) in [6.07, 6.45) is 4.53. The van der Waals surface area contributed by atoms with Gasteiger partial charge in [-0.15, -0.1) is 0 Å². The molecule has 8 heteroatoms. The molecule has 0 unspecified atom stereocenters. The molecule has 1 heterocycles. The first kappa shape index (κ1) is 20.3. The van der Waals surface area contributed by atoms with Crippen LogP contribution in [0.1, 0.15) is 28.8 Å². The molecule has 1 amide bonds. The molecule has 0 bridgehead atoms. The molecular weight excluding hydrogens is 400 g/mol. The highest BCUT2D eigenvalue weighted by molar-refractivity contribution is 7.89. The zero-order valence-corrected chi connectivity index (χ0v) is 16.5. The minimum absolute atomic E-state index is 0.206. The Kier molecular flexibility index (Phi) is 6.28. The van der Waals surface area contributed by atoms with Gasteiger partial charge in [-0.05, 0) is 66.4 Å². The molecule has 1 aliphatic heterocycles. The first-order chi connectivity index (χ1) is 13.4. The number of anilines is 1. The number of carbonyl (C=O) groups excluding carboxylic acids is 2. The van der Waals surface area contributed by atoms with Crippen LogP contribution in [0.15, 0.2) is 59.5 Å². The molecule has 2 aromatic carbocycles. The standard InChI is InChI=1S/C20H19ClN2O4S/c21-20(25)18-6-2-1-5-15(18)7-12-19(24)22-16-8-10-17(11-9-16)28(26,27)23-13-3-4-14-23/h1-2,5-12H,3-4,13-14H2,(H,22,24)/b12-7+. The van der Waals surface area contributed by atoms with Crippen LogP contribution in [-0.2, 0) is 14.8 Å². The second kappa shape index (κ2) is 8.68. The summed E-state index contributed by atoms with van der Waals surface area (Å²) >= 11 is 5.53. The fraction of sp³-hybridized carbons (Fsp3) is 0.200. The van der Waals surface area contributed by atoms with E-state index in [1.54, 1.807) is 36.4 Å². The van der Waals surface area contributed by atoms with Gasteiger partial charge in [0.05, 0.1) is 4.90 Å². The van der Waals surface area contributed by atoms with E-state index in [0.29, 0.717) is 29.9 Å². The molecule has 146 valence electrons. The van der Waals surface area contributed by atoms with Crippen LogP contribution in [0.4, 0.5) is 5.69 Å². The van der Waals surface area contributed by atoms with Crippen LogP contribution in [-0.4, -0.2) is 37.0 Å². The molecule has 6 nitrogen and oxygen atoms in total. The Labute approximate surface area is 168 Å². The fourth-order valence-electron chi connectivity index (χ4n) is 2.96. The third kappa shape index (κ3) is 4.67. The quantitative estimate of drug-likeness (QED) is 0.574. The molecule has 2 aromatic rings. The number of nitrogens with one attached hydrogen (secondary N) is 1. The predicted molar refractivity (Wildman–Crippen MR) is 109 cm³/mol. The second-order valence-corrected chi connectivity index (χ2v) is 8.60. The summed E-state index contributed by atoms with van der Waals surface area (Å²) in [5.41, 5.74) is 1.31. The Morgan fingerprint density at radius 3 is 2.29 bits per heavy atom. The largest absolute Gasteiger partial charge is 0.323 e. The number of benzene rings is 2. The zero-order valence-electron chi connectivity index (χ0n) is 15.0. The second-order valence-electron chi connectivity index (χ2n) is 6.32. The zero-order chi connectivity index (χ0) is 20.1. The van der Waals surface area contributed by atoms with Crippen molar-refractivity contribution < 1.29 is 18.0 Å². The van der Waals surface area contributed by atoms with Gasteiger partial charge in [-0.2, -0.15) is 4.31 Å². The SMILES string of the molecule is O=C(/C=C/c1ccccc1C(=O)Cl)Nc1ccc(S(=O)(=O)N2CCCC2)cc1. The Morgan fingerprint density at radius 1 is 1.00 bits per heavy atom. The van der Waals surface area contributed by atoms with Gasteiger partial charge in [0.1, 0.15) is 0 Å². The number of hydrogen-bond donors (Lipinski definition) is 1. The highest BCUT2D eigenvalue weighted by Crippen LogP contribution is 2.22. The summed E-state index contributed by atoms with van der Waals surface area (Å²) in [5, 5.41) is 2.06. The molecule has 0 saturated carbocycles. The van der Waals surface area contributed by atoms with Gasteiger partial charge in [0, 0.05) is 30.4 Å².